The summed E-state index contributed by atoms with van der Waals surface area (Å²) in [5, 5.41) is 1.82. The molecule has 0 aromatic carbocycles. The van der Waals surface area contributed by atoms with Crippen LogP contribution in [0, 0.1) is 0 Å². The van der Waals surface area contributed by atoms with Gasteiger partial charge in [0.25, 0.3) is 0 Å². The highest BCUT2D eigenvalue weighted by molar-refractivity contribution is 5.68. The maximum Gasteiger partial charge on any atom is 0.325 e. The summed E-state index contributed by atoms with van der Waals surface area (Å²) in [5.41, 5.74) is 0. The summed E-state index contributed by atoms with van der Waals surface area (Å²) in [4.78, 5) is 16.9. The standard InChI is InChI=1S/C20H39NO2/c1-2-3-4-5-6-7-8-9-10-11-12-13-14-17-20(22)23-21-18-15-16-19-21/h2-19H2,1H3. The predicted octanol–water partition coefficient (Wildman–Crippen LogP) is 6.02. The lowest BCUT2D eigenvalue weighted by atomic mass is 10.0. The van der Waals surface area contributed by atoms with E-state index in [1.165, 1.54) is 77.0 Å². The first-order valence-electron chi connectivity index (χ1n) is 10.3. The molecule has 0 aromatic rings. The third-order valence-corrected chi connectivity index (χ3v) is 4.78. The van der Waals surface area contributed by atoms with Crippen LogP contribution >= 0.6 is 0 Å². The van der Waals surface area contributed by atoms with E-state index in [9.17, 15) is 4.79 Å². The molecule has 23 heavy (non-hydrogen) atoms. The van der Waals surface area contributed by atoms with Crippen molar-refractivity contribution in [2.75, 3.05) is 13.1 Å². The molecule has 136 valence electrons. The highest BCUT2D eigenvalue weighted by Gasteiger charge is 2.15. The van der Waals surface area contributed by atoms with Gasteiger partial charge in [-0.25, -0.2) is 0 Å². The molecule has 0 saturated carbocycles. The Morgan fingerprint density at radius 1 is 0.739 bits per heavy atom. The minimum absolute atomic E-state index is 0.0324. The molecule has 0 amide bonds. The van der Waals surface area contributed by atoms with E-state index in [0.29, 0.717) is 6.42 Å². The Labute approximate surface area is 144 Å². The number of carbonyl (C=O) groups is 1. The van der Waals surface area contributed by atoms with Gasteiger partial charge in [-0.15, -0.1) is 5.06 Å². The average Bonchev–Trinajstić information content (AvgIpc) is 3.04. The second kappa shape index (κ2) is 15.0. The average molecular weight is 326 g/mol. The van der Waals surface area contributed by atoms with Gasteiger partial charge in [0.15, 0.2) is 0 Å². The van der Waals surface area contributed by atoms with Crippen LogP contribution in [0.25, 0.3) is 0 Å². The maximum atomic E-state index is 11.6. The van der Waals surface area contributed by atoms with E-state index < -0.39 is 0 Å². The van der Waals surface area contributed by atoms with Crippen molar-refractivity contribution in [2.24, 2.45) is 0 Å². The van der Waals surface area contributed by atoms with Crippen LogP contribution in [0.2, 0.25) is 0 Å². The van der Waals surface area contributed by atoms with E-state index in [1.807, 2.05) is 5.06 Å². The fraction of sp³-hybridized carbons (Fsp3) is 0.950. The predicted molar refractivity (Wildman–Crippen MR) is 97.2 cm³/mol. The second-order valence-electron chi connectivity index (χ2n) is 7.09. The smallest absolute Gasteiger partial charge is 0.325 e. The molecule has 1 rings (SSSR count). The van der Waals surface area contributed by atoms with Crippen molar-refractivity contribution in [1.29, 1.82) is 0 Å². The quantitative estimate of drug-likeness (QED) is 0.345. The fourth-order valence-electron chi connectivity index (χ4n) is 3.26. The van der Waals surface area contributed by atoms with Crippen LogP contribution in [0.1, 0.15) is 110 Å². The van der Waals surface area contributed by atoms with Crippen molar-refractivity contribution in [2.45, 2.75) is 110 Å². The van der Waals surface area contributed by atoms with Gasteiger partial charge in [0.05, 0.1) is 0 Å². The largest absolute Gasteiger partial charge is 0.368 e. The monoisotopic (exact) mass is 325 g/mol. The number of hydrogen-bond donors (Lipinski definition) is 0. The maximum absolute atomic E-state index is 11.6. The first-order valence-corrected chi connectivity index (χ1v) is 10.3. The van der Waals surface area contributed by atoms with Crippen LogP contribution in [-0.2, 0) is 9.63 Å². The zero-order chi connectivity index (χ0) is 16.6. The molecule has 0 bridgehead atoms. The molecule has 0 radical (unpaired) electrons. The minimum Gasteiger partial charge on any atom is -0.368 e. The van der Waals surface area contributed by atoms with Gasteiger partial charge in [-0.3, -0.25) is 4.79 Å². The Bertz CT molecular complexity index is 275. The Kier molecular flexibility index (Phi) is 13.3. The van der Waals surface area contributed by atoms with Gasteiger partial charge in [0.1, 0.15) is 0 Å². The lowest BCUT2D eigenvalue weighted by Gasteiger charge is -2.13. The van der Waals surface area contributed by atoms with Gasteiger partial charge >= 0.3 is 5.97 Å². The van der Waals surface area contributed by atoms with E-state index in [0.717, 1.165) is 32.4 Å². The third kappa shape index (κ3) is 12.5. The summed E-state index contributed by atoms with van der Waals surface area (Å²) in [7, 11) is 0. The number of unbranched alkanes of at least 4 members (excludes halogenated alkanes) is 12. The lowest BCUT2D eigenvalue weighted by molar-refractivity contribution is -0.185. The molecule has 1 saturated heterocycles. The van der Waals surface area contributed by atoms with Gasteiger partial charge < -0.3 is 4.84 Å². The van der Waals surface area contributed by atoms with Gasteiger partial charge in [-0.2, -0.15) is 0 Å². The van der Waals surface area contributed by atoms with E-state index in [1.54, 1.807) is 0 Å². The summed E-state index contributed by atoms with van der Waals surface area (Å²) >= 11 is 0. The molecule has 3 heteroatoms. The van der Waals surface area contributed by atoms with Crippen molar-refractivity contribution < 1.29 is 9.63 Å². The molecule has 0 N–H and O–H groups in total. The second-order valence-corrected chi connectivity index (χ2v) is 7.09. The molecule has 3 nitrogen and oxygen atoms in total. The minimum atomic E-state index is -0.0324. The topological polar surface area (TPSA) is 29.5 Å². The molecule has 0 aromatic heterocycles. The number of rotatable bonds is 15. The highest BCUT2D eigenvalue weighted by Crippen LogP contribution is 2.14. The van der Waals surface area contributed by atoms with Crippen LogP contribution in [0.5, 0.6) is 0 Å². The first kappa shape index (κ1) is 20.5. The Hall–Kier alpha value is -0.570. The van der Waals surface area contributed by atoms with Crippen LogP contribution < -0.4 is 0 Å². The van der Waals surface area contributed by atoms with Crippen molar-refractivity contribution in [3.05, 3.63) is 0 Å². The lowest BCUT2D eigenvalue weighted by Crippen LogP contribution is -2.23. The third-order valence-electron chi connectivity index (χ3n) is 4.78. The van der Waals surface area contributed by atoms with E-state index in [2.05, 4.69) is 6.92 Å². The number of hydrogen-bond acceptors (Lipinski definition) is 3. The SMILES string of the molecule is CCCCCCCCCCCCCCCC(=O)ON1CCCC1. The molecular formula is C20H39NO2. The molecule has 0 atom stereocenters. The van der Waals surface area contributed by atoms with E-state index in [4.69, 9.17) is 4.84 Å². The molecule has 1 aliphatic heterocycles. The van der Waals surface area contributed by atoms with Crippen molar-refractivity contribution in [1.82, 2.24) is 5.06 Å². The van der Waals surface area contributed by atoms with Gasteiger partial charge in [-0.05, 0) is 19.3 Å². The van der Waals surface area contributed by atoms with Crippen LogP contribution in [0.3, 0.4) is 0 Å². The van der Waals surface area contributed by atoms with Crippen molar-refractivity contribution in [3.8, 4) is 0 Å². The van der Waals surface area contributed by atoms with Gasteiger partial charge in [0.2, 0.25) is 0 Å². The zero-order valence-electron chi connectivity index (χ0n) is 15.5. The fourth-order valence-corrected chi connectivity index (χ4v) is 3.26. The molecule has 1 aliphatic rings. The highest BCUT2D eigenvalue weighted by atomic mass is 16.7. The number of hydroxylamine groups is 2. The summed E-state index contributed by atoms with van der Waals surface area (Å²) in [6.07, 6.45) is 20.3. The van der Waals surface area contributed by atoms with Crippen LogP contribution in [0.15, 0.2) is 0 Å². The summed E-state index contributed by atoms with van der Waals surface area (Å²) < 4.78 is 0. The first-order chi connectivity index (χ1) is 11.3. The van der Waals surface area contributed by atoms with Crippen LogP contribution in [-0.4, -0.2) is 24.1 Å². The normalized spacial score (nSPS) is 15.2. The molecule has 0 unspecified atom stereocenters. The molecular weight excluding hydrogens is 286 g/mol. The molecule has 0 spiro atoms. The molecule has 0 aliphatic carbocycles. The number of carbonyl (C=O) groups excluding carboxylic acids is 1. The van der Waals surface area contributed by atoms with Gasteiger partial charge in [-0.1, -0.05) is 84.0 Å². The van der Waals surface area contributed by atoms with E-state index in [-0.39, 0.29) is 5.97 Å². The molecule has 1 heterocycles. The Morgan fingerprint density at radius 3 is 1.65 bits per heavy atom. The van der Waals surface area contributed by atoms with Crippen molar-refractivity contribution >= 4 is 5.97 Å². The van der Waals surface area contributed by atoms with Crippen molar-refractivity contribution in [3.63, 3.8) is 0 Å². The number of nitrogens with zero attached hydrogens (tertiary/aromatic N) is 1. The zero-order valence-corrected chi connectivity index (χ0v) is 15.5. The summed E-state index contributed by atoms with van der Waals surface area (Å²) in [6.45, 7) is 4.12. The van der Waals surface area contributed by atoms with Gasteiger partial charge in [0, 0.05) is 19.5 Å². The Morgan fingerprint density at radius 2 is 1.17 bits per heavy atom. The van der Waals surface area contributed by atoms with E-state index >= 15 is 0 Å². The Balaban J connectivity index is 1.73. The van der Waals surface area contributed by atoms with Crippen LogP contribution in [0.4, 0.5) is 0 Å². The summed E-state index contributed by atoms with van der Waals surface area (Å²) in [5.74, 6) is -0.0324. The molecule has 1 fully saturated rings. The summed E-state index contributed by atoms with van der Waals surface area (Å²) in [6, 6.07) is 0.